The van der Waals surface area contributed by atoms with E-state index < -0.39 is 17.7 Å². The minimum atomic E-state index is -0.940. The summed E-state index contributed by atoms with van der Waals surface area (Å²) in [6.07, 6.45) is 0. The van der Waals surface area contributed by atoms with Crippen molar-refractivity contribution in [3.05, 3.63) is 76.0 Å². The lowest BCUT2D eigenvalue weighted by Crippen LogP contribution is -2.29. The monoisotopic (exact) mass is 454 g/mol. The Bertz CT molecular complexity index is 1230. The molecule has 1 aliphatic rings. The molecule has 3 aromatic rings. The fraction of sp³-hybridized carbons (Fsp3) is 0.174. The molecule has 2 heterocycles. The summed E-state index contributed by atoms with van der Waals surface area (Å²) in [5.41, 5.74) is 0.762. The summed E-state index contributed by atoms with van der Waals surface area (Å²) in [7, 11) is 2.95. The van der Waals surface area contributed by atoms with Crippen LogP contribution in [0, 0.1) is 6.92 Å². The Morgan fingerprint density at radius 1 is 1.06 bits per heavy atom. The first-order valence-corrected chi connectivity index (χ1v) is 9.95. The molecule has 1 aliphatic heterocycles. The molecule has 0 spiro atoms. The van der Waals surface area contributed by atoms with Crippen molar-refractivity contribution >= 4 is 34.9 Å². The first-order chi connectivity index (χ1) is 15.3. The zero-order valence-corrected chi connectivity index (χ0v) is 18.2. The van der Waals surface area contributed by atoms with Crippen LogP contribution in [0.3, 0.4) is 0 Å². The molecule has 1 N–H and O–H groups in total. The van der Waals surface area contributed by atoms with Crippen molar-refractivity contribution in [3.63, 3.8) is 0 Å². The second kappa shape index (κ2) is 8.39. The number of Topliss-reactive ketones (excluding diaryl/α,β-unsaturated/α-hetero) is 1. The van der Waals surface area contributed by atoms with E-state index in [0.29, 0.717) is 27.8 Å². The first-order valence-electron chi connectivity index (χ1n) is 9.58. The molecule has 8 nitrogen and oxygen atoms in total. The van der Waals surface area contributed by atoms with Gasteiger partial charge in [0.2, 0.25) is 0 Å². The number of aryl methyl sites for hydroxylation is 1. The topological polar surface area (TPSA) is 102 Å². The quantitative estimate of drug-likeness (QED) is 0.348. The molecule has 0 saturated carbocycles. The number of hydrogen-bond acceptors (Lipinski definition) is 7. The third kappa shape index (κ3) is 3.58. The van der Waals surface area contributed by atoms with Crippen molar-refractivity contribution < 1.29 is 28.7 Å². The number of ether oxygens (including phenoxy) is 2. The van der Waals surface area contributed by atoms with E-state index in [1.165, 1.54) is 25.2 Å². The highest BCUT2D eigenvalue weighted by atomic mass is 35.5. The van der Waals surface area contributed by atoms with Gasteiger partial charge >= 0.3 is 5.91 Å². The lowest BCUT2D eigenvalue weighted by atomic mass is 9.95. The number of ketones is 1. The van der Waals surface area contributed by atoms with Gasteiger partial charge in [-0.15, -0.1) is 0 Å². The zero-order valence-electron chi connectivity index (χ0n) is 17.5. The van der Waals surface area contributed by atoms with E-state index in [9.17, 15) is 14.7 Å². The molecule has 9 heteroatoms. The van der Waals surface area contributed by atoms with Crippen LogP contribution in [0.2, 0.25) is 5.02 Å². The first kappa shape index (κ1) is 21.5. The maximum atomic E-state index is 13.1. The Morgan fingerprint density at radius 3 is 2.34 bits per heavy atom. The zero-order chi connectivity index (χ0) is 23.0. The lowest BCUT2D eigenvalue weighted by Gasteiger charge is -2.23. The van der Waals surface area contributed by atoms with Crippen LogP contribution in [0.5, 0.6) is 11.5 Å². The van der Waals surface area contributed by atoms with Crippen LogP contribution in [0.15, 0.2) is 58.6 Å². The Labute approximate surface area is 188 Å². The molecule has 32 heavy (non-hydrogen) atoms. The van der Waals surface area contributed by atoms with Gasteiger partial charge in [-0.05, 0) is 42.8 Å². The molecule has 0 aliphatic carbocycles. The summed E-state index contributed by atoms with van der Waals surface area (Å²) < 4.78 is 15.6. The average Bonchev–Trinajstić information content (AvgIpc) is 3.34. The van der Waals surface area contributed by atoms with Crippen LogP contribution >= 0.6 is 11.6 Å². The Morgan fingerprint density at radius 2 is 1.75 bits per heavy atom. The number of amides is 1. The summed E-state index contributed by atoms with van der Waals surface area (Å²) in [4.78, 5) is 27.3. The number of rotatable bonds is 5. The normalized spacial score (nSPS) is 17.6. The molecule has 2 aromatic carbocycles. The molecule has 164 valence electrons. The average molecular weight is 455 g/mol. The molecule has 0 radical (unpaired) electrons. The number of methoxy groups -OCH3 is 2. The summed E-state index contributed by atoms with van der Waals surface area (Å²) >= 11 is 6.03. The van der Waals surface area contributed by atoms with Gasteiger partial charge in [0, 0.05) is 16.7 Å². The summed E-state index contributed by atoms with van der Waals surface area (Å²) in [6, 6.07) is 12.0. The van der Waals surface area contributed by atoms with Crippen LogP contribution in [-0.2, 0) is 9.59 Å². The van der Waals surface area contributed by atoms with E-state index in [-0.39, 0.29) is 22.7 Å². The van der Waals surface area contributed by atoms with Crippen LogP contribution in [-0.4, -0.2) is 36.2 Å². The van der Waals surface area contributed by atoms with Gasteiger partial charge in [-0.3, -0.25) is 14.5 Å². The molecule has 1 fully saturated rings. The lowest BCUT2D eigenvalue weighted by molar-refractivity contribution is -0.132. The highest BCUT2D eigenvalue weighted by Gasteiger charge is 2.48. The van der Waals surface area contributed by atoms with Crippen molar-refractivity contribution in [2.24, 2.45) is 0 Å². The SMILES string of the molecule is COc1ccc(C(O)=C2C(=O)C(=O)N(c3cc(C)on3)C2c2ccc(Cl)cc2)cc1OC. The predicted molar refractivity (Wildman–Crippen MR) is 117 cm³/mol. The number of aliphatic hydroxyl groups is 1. The van der Waals surface area contributed by atoms with E-state index in [1.54, 1.807) is 49.4 Å². The number of aliphatic hydroxyl groups excluding tert-OH is 1. The standard InChI is InChI=1S/C23H19ClN2O6/c1-12-10-18(25-32-12)26-20(13-4-7-15(24)8-5-13)19(22(28)23(26)29)21(27)14-6-9-16(30-2)17(11-14)31-3/h4-11,20,27H,1-3H3. The van der Waals surface area contributed by atoms with Gasteiger partial charge in [-0.1, -0.05) is 28.9 Å². The number of carbonyl (C=O) groups excluding carboxylic acids is 2. The van der Waals surface area contributed by atoms with Crippen LogP contribution in [0.1, 0.15) is 22.9 Å². The van der Waals surface area contributed by atoms with Gasteiger partial charge in [0.25, 0.3) is 5.78 Å². The summed E-state index contributed by atoms with van der Waals surface area (Å²) in [5.74, 6) is -0.588. The van der Waals surface area contributed by atoms with E-state index in [1.807, 2.05) is 0 Å². The molecule has 1 unspecified atom stereocenters. The number of hydrogen-bond donors (Lipinski definition) is 1. The van der Waals surface area contributed by atoms with Crippen molar-refractivity contribution in [1.29, 1.82) is 0 Å². The second-order valence-corrected chi connectivity index (χ2v) is 7.52. The number of anilines is 1. The maximum absolute atomic E-state index is 13.1. The Balaban J connectivity index is 1.93. The molecule has 1 amide bonds. The molecule has 1 atom stereocenters. The highest BCUT2D eigenvalue weighted by Crippen LogP contribution is 2.42. The fourth-order valence-electron chi connectivity index (χ4n) is 3.64. The van der Waals surface area contributed by atoms with E-state index in [0.717, 1.165) is 0 Å². The Kier molecular flexibility index (Phi) is 5.63. The number of nitrogens with zero attached hydrogens (tertiary/aromatic N) is 2. The largest absolute Gasteiger partial charge is 0.507 e. The predicted octanol–water partition coefficient (Wildman–Crippen LogP) is 4.28. The molecule has 1 aromatic heterocycles. The third-order valence-electron chi connectivity index (χ3n) is 5.15. The van der Waals surface area contributed by atoms with E-state index in [2.05, 4.69) is 5.16 Å². The van der Waals surface area contributed by atoms with E-state index >= 15 is 0 Å². The van der Waals surface area contributed by atoms with Gasteiger partial charge in [-0.2, -0.15) is 0 Å². The minimum Gasteiger partial charge on any atom is -0.507 e. The number of aromatic nitrogens is 1. The summed E-state index contributed by atoms with van der Waals surface area (Å²) in [6.45, 7) is 1.67. The van der Waals surface area contributed by atoms with Gasteiger partial charge in [0.15, 0.2) is 17.3 Å². The molecule has 4 rings (SSSR count). The number of benzene rings is 2. The van der Waals surface area contributed by atoms with Gasteiger partial charge in [-0.25, -0.2) is 0 Å². The summed E-state index contributed by atoms with van der Waals surface area (Å²) in [5, 5.41) is 15.6. The van der Waals surface area contributed by atoms with Crippen molar-refractivity contribution in [3.8, 4) is 11.5 Å². The fourth-order valence-corrected chi connectivity index (χ4v) is 3.76. The highest BCUT2D eigenvalue weighted by molar-refractivity contribution is 6.51. The minimum absolute atomic E-state index is 0.0924. The second-order valence-electron chi connectivity index (χ2n) is 7.09. The van der Waals surface area contributed by atoms with Crippen molar-refractivity contribution in [2.75, 3.05) is 19.1 Å². The van der Waals surface area contributed by atoms with Crippen LogP contribution in [0.25, 0.3) is 5.76 Å². The van der Waals surface area contributed by atoms with E-state index in [4.69, 9.17) is 25.6 Å². The number of carbonyl (C=O) groups is 2. The van der Waals surface area contributed by atoms with Gasteiger partial charge in [0.05, 0.1) is 25.8 Å². The van der Waals surface area contributed by atoms with Crippen LogP contribution in [0.4, 0.5) is 5.82 Å². The van der Waals surface area contributed by atoms with Crippen molar-refractivity contribution in [1.82, 2.24) is 5.16 Å². The van der Waals surface area contributed by atoms with Crippen LogP contribution < -0.4 is 14.4 Å². The Hall–Kier alpha value is -3.78. The smallest absolute Gasteiger partial charge is 0.301 e. The molecular weight excluding hydrogens is 436 g/mol. The molecular formula is C23H19ClN2O6. The van der Waals surface area contributed by atoms with Gasteiger partial charge in [0.1, 0.15) is 11.5 Å². The number of halogens is 1. The van der Waals surface area contributed by atoms with Gasteiger partial charge < -0.3 is 19.1 Å². The maximum Gasteiger partial charge on any atom is 0.301 e. The van der Waals surface area contributed by atoms with Crippen molar-refractivity contribution in [2.45, 2.75) is 13.0 Å². The molecule has 1 saturated heterocycles. The molecule has 0 bridgehead atoms. The third-order valence-corrected chi connectivity index (χ3v) is 5.40.